The number of hydrogen-bond donors (Lipinski definition) is 2. The van der Waals surface area contributed by atoms with Crippen LogP contribution in [-0.2, 0) is 17.6 Å². The van der Waals surface area contributed by atoms with Crippen molar-refractivity contribution in [2.45, 2.75) is 18.9 Å². The summed E-state index contributed by atoms with van der Waals surface area (Å²) in [5, 5.41) is 10.1. The summed E-state index contributed by atoms with van der Waals surface area (Å²) in [5.41, 5.74) is 6.62. The van der Waals surface area contributed by atoms with Crippen LogP contribution in [0.2, 0.25) is 5.02 Å². The number of rotatable bonds is 1. The van der Waals surface area contributed by atoms with Gasteiger partial charge in [-0.3, -0.25) is 0 Å². The normalized spacial score (nSPS) is 18.6. The Morgan fingerprint density at radius 1 is 1.53 bits per heavy atom. The molecule has 2 rings (SSSR count). The first kappa shape index (κ1) is 10.1. The van der Waals surface area contributed by atoms with E-state index in [-0.39, 0.29) is 11.9 Å². The average molecular weight is 228 g/mol. The highest BCUT2D eigenvalue weighted by Crippen LogP contribution is 2.34. The summed E-state index contributed by atoms with van der Waals surface area (Å²) in [5.74, 6) is 0.146. The molecule has 1 unspecified atom stereocenters. The van der Waals surface area contributed by atoms with E-state index in [9.17, 15) is 9.90 Å². The quantitative estimate of drug-likeness (QED) is 0.766. The van der Waals surface area contributed by atoms with Crippen LogP contribution in [0.1, 0.15) is 11.1 Å². The first-order valence-corrected chi connectivity index (χ1v) is 4.90. The summed E-state index contributed by atoms with van der Waals surface area (Å²) in [6.07, 6.45) is -0.0477. The standard InChI is InChI=1S/C10H10ClNO3/c11-6-1-5-2-7(15-10(12)14)4-8(5)9(13)3-6/h1,3,7,13H,2,4H2,(H2,12,14). The van der Waals surface area contributed by atoms with Gasteiger partial charge in [-0.05, 0) is 17.7 Å². The van der Waals surface area contributed by atoms with Crippen LogP contribution in [0, 0.1) is 0 Å². The molecule has 0 bridgehead atoms. The fraction of sp³-hybridized carbons (Fsp3) is 0.300. The summed E-state index contributed by atoms with van der Waals surface area (Å²) in [6.45, 7) is 0. The van der Waals surface area contributed by atoms with Crippen LogP contribution < -0.4 is 5.73 Å². The Kier molecular flexibility index (Phi) is 2.44. The van der Waals surface area contributed by atoms with E-state index < -0.39 is 6.09 Å². The smallest absolute Gasteiger partial charge is 0.404 e. The topological polar surface area (TPSA) is 72.6 Å². The van der Waals surface area contributed by atoms with Gasteiger partial charge in [0, 0.05) is 23.4 Å². The molecule has 1 atom stereocenters. The third-order valence-electron chi connectivity index (χ3n) is 2.45. The average Bonchev–Trinajstić information content (AvgIpc) is 2.45. The molecule has 0 fully saturated rings. The lowest BCUT2D eigenvalue weighted by molar-refractivity contribution is 0.112. The molecule has 3 N–H and O–H groups in total. The Labute approximate surface area is 91.6 Å². The fourth-order valence-corrected chi connectivity index (χ4v) is 2.12. The molecule has 0 aromatic heterocycles. The Hall–Kier alpha value is -1.42. The number of fused-ring (bicyclic) bond motifs is 1. The second kappa shape index (κ2) is 3.62. The maximum atomic E-state index is 10.6. The summed E-state index contributed by atoms with van der Waals surface area (Å²) in [6, 6.07) is 3.24. The van der Waals surface area contributed by atoms with Crippen LogP contribution in [0.4, 0.5) is 4.79 Å². The predicted octanol–water partition coefficient (Wildman–Crippen LogP) is 1.61. The molecule has 0 aliphatic heterocycles. The lowest BCUT2D eigenvalue weighted by Crippen LogP contribution is -2.22. The van der Waals surface area contributed by atoms with Crippen molar-refractivity contribution >= 4 is 17.7 Å². The van der Waals surface area contributed by atoms with E-state index >= 15 is 0 Å². The molecule has 80 valence electrons. The van der Waals surface area contributed by atoms with Crippen molar-refractivity contribution in [2.24, 2.45) is 5.73 Å². The van der Waals surface area contributed by atoms with Gasteiger partial charge in [-0.1, -0.05) is 11.6 Å². The number of aromatic hydroxyl groups is 1. The van der Waals surface area contributed by atoms with Gasteiger partial charge in [0.1, 0.15) is 11.9 Å². The number of amides is 1. The van der Waals surface area contributed by atoms with Gasteiger partial charge < -0.3 is 15.6 Å². The minimum atomic E-state index is -0.793. The Morgan fingerprint density at radius 2 is 2.27 bits per heavy atom. The van der Waals surface area contributed by atoms with Crippen LogP contribution in [0.25, 0.3) is 0 Å². The number of hydrogen-bond acceptors (Lipinski definition) is 3. The van der Waals surface area contributed by atoms with E-state index in [1.807, 2.05) is 0 Å². The molecule has 4 nitrogen and oxygen atoms in total. The summed E-state index contributed by atoms with van der Waals surface area (Å²) < 4.78 is 4.87. The van der Waals surface area contributed by atoms with Gasteiger partial charge in [0.15, 0.2) is 0 Å². The molecule has 1 aromatic rings. The molecule has 1 amide bonds. The number of ether oxygens (including phenoxy) is 1. The Balaban J connectivity index is 2.23. The molecular formula is C10H10ClNO3. The number of benzene rings is 1. The molecular weight excluding hydrogens is 218 g/mol. The molecule has 0 saturated heterocycles. The van der Waals surface area contributed by atoms with E-state index in [1.165, 1.54) is 6.07 Å². The molecule has 15 heavy (non-hydrogen) atoms. The highest BCUT2D eigenvalue weighted by atomic mass is 35.5. The molecule has 5 heteroatoms. The SMILES string of the molecule is NC(=O)OC1Cc2cc(Cl)cc(O)c2C1. The highest BCUT2D eigenvalue weighted by molar-refractivity contribution is 6.30. The number of nitrogens with two attached hydrogens (primary N) is 1. The first-order chi connectivity index (χ1) is 7.06. The molecule has 0 saturated carbocycles. The maximum Gasteiger partial charge on any atom is 0.404 e. The van der Waals surface area contributed by atoms with Crippen LogP contribution in [0.5, 0.6) is 5.75 Å². The van der Waals surface area contributed by atoms with E-state index in [0.717, 1.165) is 11.1 Å². The van der Waals surface area contributed by atoms with Crippen molar-refractivity contribution in [3.05, 3.63) is 28.3 Å². The van der Waals surface area contributed by atoms with E-state index in [4.69, 9.17) is 22.1 Å². The monoisotopic (exact) mass is 227 g/mol. The Bertz CT molecular complexity index is 419. The van der Waals surface area contributed by atoms with Gasteiger partial charge in [-0.25, -0.2) is 4.79 Å². The number of halogens is 1. The second-order valence-corrected chi connectivity index (χ2v) is 3.97. The largest absolute Gasteiger partial charge is 0.508 e. The van der Waals surface area contributed by atoms with Crippen LogP contribution in [0.3, 0.4) is 0 Å². The van der Waals surface area contributed by atoms with E-state index in [1.54, 1.807) is 6.07 Å². The highest BCUT2D eigenvalue weighted by Gasteiger charge is 2.26. The van der Waals surface area contributed by atoms with Crippen LogP contribution >= 0.6 is 11.6 Å². The van der Waals surface area contributed by atoms with Crippen molar-refractivity contribution in [3.63, 3.8) is 0 Å². The number of carbonyl (C=O) groups is 1. The lowest BCUT2D eigenvalue weighted by atomic mass is 10.1. The predicted molar refractivity (Wildman–Crippen MR) is 55.0 cm³/mol. The third-order valence-corrected chi connectivity index (χ3v) is 2.66. The van der Waals surface area contributed by atoms with Crippen LogP contribution in [0.15, 0.2) is 12.1 Å². The zero-order valence-electron chi connectivity index (χ0n) is 7.87. The molecule has 0 radical (unpaired) electrons. The second-order valence-electron chi connectivity index (χ2n) is 3.53. The van der Waals surface area contributed by atoms with Gasteiger partial charge in [-0.2, -0.15) is 0 Å². The maximum absolute atomic E-state index is 10.6. The Morgan fingerprint density at radius 3 is 2.93 bits per heavy atom. The van der Waals surface area contributed by atoms with Crippen molar-refractivity contribution in [1.29, 1.82) is 0 Å². The van der Waals surface area contributed by atoms with Gasteiger partial charge in [0.25, 0.3) is 0 Å². The number of phenolic OH excluding ortho intramolecular Hbond substituents is 1. The zero-order chi connectivity index (χ0) is 11.0. The van der Waals surface area contributed by atoms with E-state index in [0.29, 0.717) is 17.9 Å². The van der Waals surface area contributed by atoms with Gasteiger partial charge >= 0.3 is 6.09 Å². The lowest BCUT2D eigenvalue weighted by Gasteiger charge is -2.07. The van der Waals surface area contributed by atoms with E-state index in [2.05, 4.69) is 0 Å². The molecule has 1 aromatic carbocycles. The number of carbonyl (C=O) groups excluding carboxylic acids is 1. The number of primary amides is 1. The minimum Gasteiger partial charge on any atom is -0.508 e. The van der Waals surface area contributed by atoms with Crippen LogP contribution in [-0.4, -0.2) is 17.3 Å². The number of phenols is 1. The van der Waals surface area contributed by atoms with Gasteiger partial charge in [0.2, 0.25) is 0 Å². The first-order valence-electron chi connectivity index (χ1n) is 4.52. The van der Waals surface area contributed by atoms with Gasteiger partial charge in [0.05, 0.1) is 0 Å². The van der Waals surface area contributed by atoms with Crippen molar-refractivity contribution < 1.29 is 14.6 Å². The molecule has 0 spiro atoms. The molecule has 1 aliphatic rings. The summed E-state index contributed by atoms with van der Waals surface area (Å²) in [4.78, 5) is 10.6. The van der Waals surface area contributed by atoms with Crippen molar-refractivity contribution in [2.75, 3.05) is 0 Å². The van der Waals surface area contributed by atoms with Gasteiger partial charge in [-0.15, -0.1) is 0 Å². The fourth-order valence-electron chi connectivity index (χ4n) is 1.89. The molecule has 0 heterocycles. The summed E-state index contributed by atoms with van der Waals surface area (Å²) >= 11 is 5.79. The third kappa shape index (κ3) is 1.99. The van der Waals surface area contributed by atoms with Crippen molar-refractivity contribution in [3.8, 4) is 5.75 Å². The zero-order valence-corrected chi connectivity index (χ0v) is 8.62. The minimum absolute atomic E-state index is 0.146. The summed E-state index contributed by atoms with van der Waals surface area (Å²) in [7, 11) is 0. The van der Waals surface area contributed by atoms with Crippen molar-refractivity contribution in [1.82, 2.24) is 0 Å². The molecule has 1 aliphatic carbocycles.